The van der Waals surface area contributed by atoms with Gasteiger partial charge in [-0.3, -0.25) is 19.4 Å². The fraction of sp³-hybridized carbons (Fsp3) is 0.471. The van der Waals surface area contributed by atoms with E-state index in [0.29, 0.717) is 26.2 Å². The Bertz CT molecular complexity index is 850. The molecule has 8 nitrogen and oxygen atoms in total. The van der Waals surface area contributed by atoms with Gasteiger partial charge in [0.15, 0.2) is 9.84 Å². The molecule has 3 rings (SSSR count). The third-order valence-corrected chi connectivity index (χ3v) is 6.18. The number of sulfone groups is 1. The molecule has 1 N–H and O–H groups in total. The molecule has 26 heavy (non-hydrogen) atoms. The minimum atomic E-state index is -3.04. The Morgan fingerprint density at radius 3 is 2.88 bits per heavy atom. The first kappa shape index (κ1) is 18.5. The Morgan fingerprint density at radius 2 is 2.15 bits per heavy atom. The van der Waals surface area contributed by atoms with Crippen molar-refractivity contribution in [2.45, 2.75) is 26.1 Å². The summed E-state index contributed by atoms with van der Waals surface area (Å²) in [6, 6.07) is 6.92. The van der Waals surface area contributed by atoms with Crippen molar-refractivity contribution in [1.29, 1.82) is 0 Å². The highest BCUT2D eigenvalue weighted by Gasteiger charge is 2.31. The van der Waals surface area contributed by atoms with Crippen LogP contribution in [0.15, 0.2) is 36.7 Å². The second kappa shape index (κ2) is 7.96. The van der Waals surface area contributed by atoms with E-state index in [1.165, 1.54) is 0 Å². The van der Waals surface area contributed by atoms with Gasteiger partial charge in [0, 0.05) is 37.8 Å². The largest absolute Gasteiger partial charge is 0.349 e. The average molecular weight is 377 g/mol. The number of pyridine rings is 1. The summed E-state index contributed by atoms with van der Waals surface area (Å²) in [7, 11) is -3.04. The van der Waals surface area contributed by atoms with Crippen molar-refractivity contribution in [2.24, 2.45) is 0 Å². The van der Waals surface area contributed by atoms with Crippen LogP contribution in [-0.4, -0.2) is 58.6 Å². The predicted molar refractivity (Wildman–Crippen MR) is 97.0 cm³/mol. The maximum absolute atomic E-state index is 12.7. The molecular formula is C17H23N5O3S. The molecule has 0 spiro atoms. The van der Waals surface area contributed by atoms with Gasteiger partial charge in [-0.25, -0.2) is 8.42 Å². The van der Waals surface area contributed by atoms with Crippen LogP contribution in [-0.2, 0) is 27.7 Å². The molecule has 140 valence electrons. The van der Waals surface area contributed by atoms with E-state index >= 15 is 0 Å². The van der Waals surface area contributed by atoms with Crippen LogP contribution in [0, 0.1) is 0 Å². The third-order valence-electron chi connectivity index (χ3n) is 4.50. The summed E-state index contributed by atoms with van der Waals surface area (Å²) in [5, 5.41) is 7.17. The lowest BCUT2D eigenvalue weighted by atomic mass is 10.1. The van der Waals surface area contributed by atoms with Gasteiger partial charge in [0.1, 0.15) is 6.04 Å². The van der Waals surface area contributed by atoms with Crippen LogP contribution < -0.4 is 5.32 Å². The highest BCUT2D eigenvalue weighted by atomic mass is 32.2. The van der Waals surface area contributed by atoms with Gasteiger partial charge in [-0.1, -0.05) is 13.0 Å². The second-order valence-corrected chi connectivity index (χ2v) is 8.77. The second-order valence-electron chi connectivity index (χ2n) is 6.29. The summed E-state index contributed by atoms with van der Waals surface area (Å²) < 4.78 is 25.3. The molecule has 9 heteroatoms. The van der Waals surface area contributed by atoms with Crippen molar-refractivity contribution in [3.63, 3.8) is 0 Å². The first-order chi connectivity index (χ1) is 12.5. The molecule has 0 aliphatic carbocycles. The predicted octanol–water partition coefficient (Wildman–Crippen LogP) is 0.386. The minimum absolute atomic E-state index is 0.0971. The lowest BCUT2D eigenvalue weighted by molar-refractivity contribution is -0.126. The maximum atomic E-state index is 12.7. The minimum Gasteiger partial charge on any atom is -0.349 e. The van der Waals surface area contributed by atoms with Gasteiger partial charge in [-0.05, 0) is 18.2 Å². The fourth-order valence-corrected chi connectivity index (χ4v) is 3.76. The zero-order valence-corrected chi connectivity index (χ0v) is 15.5. The number of fused-ring (bicyclic) bond motifs is 1. The maximum Gasteiger partial charge on any atom is 0.246 e. The van der Waals surface area contributed by atoms with Gasteiger partial charge >= 0.3 is 0 Å². The van der Waals surface area contributed by atoms with Crippen molar-refractivity contribution in [3.8, 4) is 0 Å². The summed E-state index contributed by atoms with van der Waals surface area (Å²) in [5.41, 5.74) is 1.69. The van der Waals surface area contributed by atoms with Crippen molar-refractivity contribution >= 4 is 15.7 Å². The third kappa shape index (κ3) is 4.47. The molecule has 1 aliphatic heterocycles. The Kier molecular flexibility index (Phi) is 5.67. The molecule has 2 aromatic rings. The smallest absolute Gasteiger partial charge is 0.246 e. The van der Waals surface area contributed by atoms with Crippen molar-refractivity contribution < 1.29 is 13.2 Å². The van der Waals surface area contributed by atoms with Gasteiger partial charge in [0.2, 0.25) is 5.91 Å². The molecule has 1 aliphatic rings. The summed E-state index contributed by atoms with van der Waals surface area (Å²) in [6.07, 6.45) is 3.35. The molecule has 0 aromatic carbocycles. The molecule has 0 radical (unpaired) electrons. The molecule has 0 saturated carbocycles. The number of hydrogen-bond donors (Lipinski definition) is 1. The quantitative estimate of drug-likeness (QED) is 0.750. The van der Waals surface area contributed by atoms with Gasteiger partial charge in [-0.15, -0.1) is 0 Å². The van der Waals surface area contributed by atoms with E-state index < -0.39 is 15.9 Å². The lowest BCUT2D eigenvalue weighted by Gasteiger charge is -2.33. The molecule has 0 fully saturated rings. The van der Waals surface area contributed by atoms with Crippen molar-refractivity contribution in [3.05, 3.63) is 48.0 Å². The Morgan fingerprint density at radius 1 is 1.31 bits per heavy atom. The molecule has 1 amide bonds. The molecular weight excluding hydrogens is 354 g/mol. The molecule has 1 atom stereocenters. The summed E-state index contributed by atoms with van der Waals surface area (Å²) in [5.74, 6) is 0.0794. The van der Waals surface area contributed by atoms with Crippen LogP contribution in [0.25, 0.3) is 0 Å². The number of carbonyl (C=O) groups excluding carboxylic acids is 1. The first-order valence-electron chi connectivity index (χ1n) is 8.61. The van der Waals surface area contributed by atoms with Crippen LogP contribution in [0.3, 0.4) is 0 Å². The molecule has 3 heterocycles. The average Bonchev–Trinajstić information content (AvgIpc) is 3.13. The molecule has 0 saturated heterocycles. The number of carbonyl (C=O) groups is 1. The fourth-order valence-electron chi connectivity index (χ4n) is 2.94. The lowest BCUT2D eigenvalue weighted by Crippen LogP contribution is -2.46. The van der Waals surface area contributed by atoms with Crippen LogP contribution in [0.4, 0.5) is 0 Å². The van der Waals surface area contributed by atoms with Gasteiger partial charge < -0.3 is 5.32 Å². The van der Waals surface area contributed by atoms with Crippen molar-refractivity contribution in [1.82, 2.24) is 25.0 Å². The number of amides is 1. The number of rotatable bonds is 7. The monoisotopic (exact) mass is 377 g/mol. The highest BCUT2D eigenvalue weighted by Crippen LogP contribution is 2.20. The van der Waals surface area contributed by atoms with Crippen LogP contribution in [0.1, 0.15) is 24.4 Å². The molecule has 2 aromatic heterocycles. The van der Waals surface area contributed by atoms with E-state index in [-0.39, 0.29) is 17.4 Å². The number of nitrogens with zero attached hydrogens (tertiary/aromatic N) is 4. The molecule has 0 unspecified atom stereocenters. The Hall–Kier alpha value is -2.26. The standard InChI is InChI=1S/C17H23N5O3S/c1-2-26(24,25)10-9-21-12-15-6-8-20-22(15)16(13-21)17(23)19-11-14-5-3-4-7-18-14/h3-8,16H,2,9-13H2,1H3,(H,19,23)/t16-/m1/s1. The highest BCUT2D eigenvalue weighted by molar-refractivity contribution is 7.91. The summed E-state index contributed by atoms with van der Waals surface area (Å²) >= 11 is 0. The van der Waals surface area contributed by atoms with E-state index in [2.05, 4.69) is 15.4 Å². The SMILES string of the molecule is CCS(=O)(=O)CCN1Cc2ccnn2[C@@H](C(=O)NCc2ccccn2)C1. The normalized spacial score (nSPS) is 17.7. The van der Waals surface area contributed by atoms with E-state index in [0.717, 1.165) is 11.4 Å². The van der Waals surface area contributed by atoms with Crippen LogP contribution >= 0.6 is 0 Å². The summed E-state index contributed by atoms with van der Waals surface area (Å²) in [4.78, 5) is 18.9. The zero-order chi connectivity index (χ0) is 18.6. The van der Waals surface area contributed by atoms with E-state index in [1.54, 1.807) is 24.0 Å². The first-order valence-corrected chi connectivity index (χ1v) is 10.4. The summed E-state index contributed by atoms with van der Waals surface area (Å²) in [6.45, 7) is 3.42. The Labute approximate surface area is 153 Å². The van der Waals surface area contributed by atoms with Crippen LogP contribution in [0.2, 0.25) is 0 Å². The van der Waals surface area contributed by atoms with E-state index in [9.17, 15) is 13.2 Å². The van der Waals surface area contributed by atoms with Gasteiger partial charge in [0.25, 0.3) is 0 Å². The van der Waals surface area contributed by atoms with E-state index in [4.69, 9.17) is 0 Å². The topological polar surface area (TPSA) is 97.2 Å². The van der Waals surface area contributed by atoms with E-state index in [1.807, 2.05) is 29.2 Å². The van der Waals surface area contributed by atoms with Crippen LogP contribution in [0.5, 0.6) is 0 Å². The van der Waals surface area contributed by atoms with Gasteiger partial charge in [-0.2, -0.15) is 5.10 Å². The zero-order valence-electron chi connectivity index (χ0n) is 14.7. The van der Waals surface area contributed by atoms with Crippen molar-refractivity contribution in [2.75, 3.05) is 24.6 Å². The number of hydrogen-bond acceptors (Lipinski definition) is 6. The number of nitrogens with one attached hydrogen (secondary N) is 1. The number of aromatic nitrogens is 3. The Balaban J connectivity index is 1.66. The van der Waals surface area contributed by atoms with Gasteiger partial charge in [0.05, 0.1) is 23.7 Å². The molecule has 0 bridgehead atoms.